The van der Waals surface area contributed by atoms with E-state index in [2.05, 4.69) is 19.6 Å². The fraction of sp³-hybridized carbons (Fsp3) is 0.389. The van der Waals surface area contributed by atoms with Gasteiger partial charge in [0.2, 0.25) is 0 Å². The number of anilines is 1. The maximum absolute atomic E-state index is 12.6. The van der Waals surface area contributed by atoms with E-state index in [1.807, 2.05) is 30.3 Å². The highest BCUT2D eigenvalue weighted by Gasteiger charge is 2.21. The molecule has 0 N–H and O–H groups in total. The maximum atomic E-state index is 12.6. The molecule has 1 aromatic heterocycles. The van der Waals surface area contributed by atoms with Crippen LogP contribution in [0.3, 0.4) is 0 Å². The van der Waals surface area contributed by atoms with Crippen LogP contribution < -0.4 is 10.5 Å². The van der Waals surface area contributed by atoms with Crippen molar-refractivity contribution in [1.82, 2.24) is 14.7 Å². The van der Waals surface area contributed by atoms with E-state index in [1.54, 1.807) is 6.20 Å². The molecule has 2 heterocycles. The summed E-state index contributed by atoms with van der Waals surface area (Å²) in [6, 6.07) is 9.19. The van der Waals surface area contributed by atoms with Gasteiger partial charge >= 0.3 is 5.97 Å². The van der Waals surface area contributed by atoms with Gasteiger partial charge in [-0.3, -0.25) is 14.5 Å². The Bertz CT molecular complexity index is 817. The Morgan fingerprint density at radius 1 is 1.19 bits per heavy atom. The smallest absolute Gasteiger partial charge is 0.306 e. The molecule has 0 amide bonds. The summed E-state index contributed by atoms with van der Waals surface area (Å²) >= 11 is 6.35. The first-order chi connectivity index (χ1) is 12.6. The first-order valence-electron chi connectivity index (χ1n) is 8.47. The molecule has 0 unspecified atom stereocenters. The number of ether oxygens (including phenoxy) is 1. The predicted octanol–water partition coefficient (Wildman–Crippen LogP) is 1.57. The van der Waals surface area contributed by atoms with Gasteiger partial charge in [0.25, 0.3) is 5.56 Å². The third-order valence-corrected chi connectivity index (χ3v) is 4.83. The van der Waals surface area contributed by atoms with Crippen molar-refractivity contribution in [3.05, 3.63) is 51.9 Å². The third kappa shape index (κ3) is 4.05. The molecule has 1 aromatic carbocycles. The number of carbonyl (C=O) groups is 1. The lowest BCUT2D eigenvalue weighted by molar-refractivity contribution is -0.141. The molecule has 7 nitrogen and oxygen atoms in total. The second kappa shape index (κ2) is 8.33. The van der Waals surface area contributed by atoms with Crippen molar-refractivity contribution in [3.63, 3.8) is 0 Å². The zero-order valence-corrected chi connectivity index (χ0v) is 15.4. The summed E-state index contributed by atoms with van der Waals surface area (Å²) in [7, 11) is 1.40. The van der Waals surface area contributed by atoms with Crippen molar-refractivity contribution in [2.24, 2.45) is 0 Å². The SMILES string of the molecule is COC(=O)CCN1CCN(c2cnn(-c3ccccc3)c(=O)c2Cl)CC1. The van der Waals surface area contributed by atoms with Crippen molar-refractivity contribution >= 4 is 23.3 Å². The number of hydrogen-bond acceptors (Lipinski definition) is 6. The van der Waals surface area contributed by atoms with Gasteiger partial charge in [0, 0.05) is 32.7 Å². The third-order valence-electron chi connectivity index (χ3n) is 4.47. The number of para-hydroxylation sites is 1. The lowest BCUT2D eigenvalue weighted by Crippen LogP contribution is -2.47. The molecule has 0 radical (unpaired) electrons. The summed E-state index contributed by atoms with van der Waals surface area (Å²) in [5.41, 5.74) is 0.999. The Hall–Kier alpha value is -2.38. The highest BCUT2D eigenvalue weighted by atomic mass is 35.5. The molecule has 0 spiro atoms. The van der Waals surface area contributed by atoms with E-state index in [-0.39, 0.29) is 16.6 Å². The Labute approximate surface area is 156 Å². The van der Waals surface area contributed by atoms with Crippen LogP contribution >= 0.6 is 11.6 Å². The number of carbonyl (C=O) groups excluding carboxylic acids is 1. The van der Waals surface area contributed by atoms with Crippen LogP contribution in [0.15, 0.2) is 41.3 Å². The first kappa shape index (κ1) is 18.4. The number of halogens is 1. The lowest BCUT2D eigenvalue weighted by Gasteiger charge is -2.36. The first-order valence-corrected chi connectivity index (χ1v) is 8.85. The molecule has 138 valence electrons. The number of nitrogens with zero attached hydrogens (tertiary/aromatic N) is 4. The van der Waals surface area contributed by atoms with E-state index < -0.39 is 0 Å². The minimum absolute atomic E-state index is 0.173. The zero-order valence-electron chi connectivity index (χ0n) is 14.6. The molecule has 26 heavy (non-hydrogen) atoms. The van der Waals surface area contributed by atoms with Crippen molar-refractivity contribution in [1.29, 1.82) is 0 Å². The van der Waals surface area contributed by atoms with Crippen molar-refractivity contribution in [2.75, 3.05) is 44.7 Å². The number of esters is 1. The molecular formula is C18H21ClN4O3. The minimum Gasteiger partial charge on any atom is -0.469 e. The number of piperazine rings is 1. The van der Waals surface area contributed by atoms with Gasteiger partial charge in [-0.15, -0.1) is 0 Å². The van der Waals surface area contributed by atoms with E-state index in [1.165, 1.54) is 11.8 Å². The van der Waals surface area contributed by atoms with Crippen LogP contribution in [0.1, 0.15) is 6.42 Å². The van der Waals surface area contributed by atoms with Gasteiger partial charge in [-0.1, -0.05) is 29.8 Å². The highest BCUT2D eigenvalue weighted by molar-refractivity contribution is 6.33. The van der Waals surface area contributed by atoms with Crippen LogP contribution in [0.2, 0.25) is 5.02 Å². The van der Waals surface area contributed by atoms with Gasteiger partial charge in [0.05, 0.1) is 31.1 Å². The minimum atomic E-state index is -0.330. The summed E-state index contributed by atoms with van der Waals surface area (Å²) in [6.07, 6.45) is 2.02. The molecule has 3 rings (SSSR count). The molecule has 2 aromatic rings. The number of benzene rings is 1. The number of methoxy groups -OCH3 is 1. The fourth-order valence-corrected chi connectivity index (χ4v) is 3.21. The summed E-state index contributed by atoms with van der Waals surface area (Å²) in [5.74, 6) is -0.204. The Morgan fingerprint density at radius 3 is 2.54 bits per heavy atom. The molecule has 0 saturated carbocycles. The molecular weight excluding hydrogens is 356 g/mol. The van der Waals surface area contributed by atoms with E-state index in [9.17, 15) is 9.59 Å². The summed E-state index contributed by atoms with van der Waals surface area (Å²) in [4.78, 5) is 28.1. The molecule has 1 aliphatic heterocycles. The summed E-state index contributed by atoms with van der Waals surface area (Å²) in [5, 5.41) is 4.45. The van der Waals surface area contributed by atoms with Gasteiger partial charge < -0.3 is 9.64 Å². The normalized spacial score (nSPS) is 15.1. The zero-order chi connectivity index (χ0) is 18.5. The topological polar surface area (TPSA) is 67.7 Å². The lowest BCUT2D eigenvalue weighted by atomic mass is 10.2. The molecule has 0 atom stereocenters. The standard InChI is InChI=1S/C18H21ClN4O3/c1-26-16(24)7-8-21-9-11-22(12-10-21)15-13-20-23(18(25)17(15)19)14-5-3-2-4-6-14/h2-6,13H,7-12H2,1H3. The van der Waals surface area contributed by atoms with Crippen molar-refractivity contribution < 1.29 is 9.53 Å². The van der Waals surface area contributed by atoms with Crippen LogP contribution in [-0.2, 0) is 9.53 Å². The number of hydrogen-bond donors (Lipinski definition) is 0. The number of rotatable bonds is 5. The molecule has 0 bridgehead atoms. The summed E-state index contributed by atoms with van der Waals surface area (Å²) < 4.78 is 5.97. The fourth-order valence-electron chi connectivity index (χ4n) is 2.96. The van der Waals surface area contributed by atoms with Crippen LogP contribution in [0.5, 0.6) is 0 Å². The van der Waals surface area contributed by atoms with Crippen LogP contribution in [0.4, 0.5) is 5.69 Å². The Balaban J connectivity index is 1.69. The van der Waals surface area contributed by atoms with Gasteiger partial charge in [0.1, 0.15) is 5.02 Å². The monoisotopic (exact) mass is 376 g/mol. The van der Waals surface area contributed by atoms with Gasteiger partial charge in [0.15, 0.2) is 0 Å². The average Bonchev–Trinajstić information content (AvgIpc) is 2.69. The maximum Gasteiger partial charge on any atom is 0.306 e. The predicted molar refractivity (Wildman–Crippen MR) is 100 cm³/mol. The van der Waals surface area contributed by atoms with Crippen molar-refractivity contribution in [2.45, 2.75) is 6.42 Å². The Morgan fingerprint density at radius 2 is 1.88 bits per heavy atom. The summed E-state index contributed by atoms with van der Waals surface area (Å²) in [6.45, 7) is 3.68. The number of aromatic nitrogens is 2. The van der Waals surface area contributed by atoms with Crippen LogP contribution in [-0.4, -0.2) is 60.5 Å². The van der Waals surface area contributed by atoms with E-state index in [0.717, 1.165) is 26.2 Å². The average molecular weight is 377 g/mol. The van der Waals surface area contributed by atoms with E-state index in [4.69, 9.17) is 11.6 Å². The van der Waals surface area contributed by atoms with Gasteiger partial charge in [-0.2, -0.15) is 9.78 Å². The van der Waals surface area contributed by atoms with Crippen molar-refractivity contribution in [3.8, 4) is 5.69 Å². The van der Waals surface area contributed by atoms with Crippen LogP contribution in [0, 0.1) is 0 Å². The van der Waals surface area contributed by atoms with Gasteiger partial charge in [-0.05, 0) is 12.1 Å². The molecule has 0 aliphatic carbocycles. The van der Waals surface area contributed by atoms with Gasteiger partial charge in [-0.25, -0.2) is 0 Å². The molecule has 1 saturated heterocycles. The van der Waals surface area contributed by atoms with Crippen LogP contribution in [0.25, 0.3) is 5.69 Å². The van der Waals surface area contributed by atoms with E-state index >= 15 is 0 Å². The Kier molecular flexibility index (Phi) is 5.90. The quantitative estimate of drug-likeness (QED) is 0.738. The molecule has 8 heteroatoms. The molecule has 1 aliphatic rings. The second-order valence-electron chi connectivity index (χ2n) is 6.05. The molecule has 1 fully saturated rings. The van der Waals surface area contributed by atoms with E-state index in [0.29, 0.717) is 24.3 Å². The highest BCUT2D eigenvalue weighted by Crippen LogP contribution is 2.23. The second-order valence-corrected chi connectivity index (χ2v) is 6.43. The largest absolute Gasteiger partial charge is 0.469 e.